The fraction of sp³-hybridized carbons (Fsp3) is 0.0625. The fourth-order valence-corrected chi connectivity index (χ4v) is 2.10. The zero-order valence-electron chi connectivity index (χ0n) is 10.3. The molecule has 0 atom stereocenters. The molecular weight excluding hydrogens is 239 g/mol. The van der Waals surface area contributed by atoms with E-state index in [1.807, 2.05) is 36.4 Å². The first kappa shape index (κ1) is 11.7. The molecule has 0 aliphatic heterocycles. The lowest BCUT2D eigenvalue weighted by Crippen LogP contribution is -2.02. The molecule has 0 saturated carbocycles. The molecule has 0 spiro atoms. The summed E-state index contributed by atoms with van der Waals surface area (Å²) in [7, 11) is 0. The predicted molar refractivity (Wildman–Crippen MR) is 75.5 cm³/mol. The smallest absolute Gasteiger partial charge is 0.146 e. The Labute approximate surface area is 110 Å². The predicted octanol–water partition coefficient (Wildman–Crippen LogP) is 3.99. The number of aromatic nitrogens is 1. The maximum atomic E-state index is 13.5. The van der Waals surface area contributed by atoms with Crippen molar-refractivity contribution in [2.45, 2.75) is 6.54 Å². The number of nitrogens with one attached hydrogen (secondary N) is 1. The molecule has 0 saturated heterocycles. The van der Waals surface area contributed by atoms with Gasteiger partial charge in [-0.2, -0.15) is 0 Å². The van der Waals surface area contributed by atoms with Crippen molar-refractivity contribution >= 4 is 16.6 Å². The second kappa shape index (κ2) is 5.06. The molecule has 2 aromatic carbocycles. The van der Waals surface area contributed by atoms with Gasteiger partial charge in [0, 0.05) is 18.1 Å². The minimum Gasteiger partial charge on any atom is -0.379 e. The summed E-state index contributed by atoms with van der Waals surface area (Å²) in [6.45, 7) is 0.573. The van der Waals surface area contributed by atoms with E-state index in [1.54, 1.807) is 18.3 Å². The molecule has 3 rings (SSSR count). The summed E-state index contributed by atoms with van der Waals surface area (Å²) in [6.07, 6.45) is 1.78. The number of hydrogen-bond acceptors (Lipinski definition) is 2. The maximum absolute atomic E-state index is 13.5. The average Bonchev–Trinajstić information content (AvgIpc) is 2.46. The number of fused-ring (bicyclic) bond motifs is 1. The van der Waals surface area contributed by atoms with E-state index in [1.165, 1.54) is 6.07 Å². The number of pyridine rings is 1. The van der Waals surface area contributed by atoms with Gasteiger partial charge in [-0.15, -0.1) is 0 Å². The standard InChI is InChI=1S/C16H13FN2/c17-14-6-2-4-8-16(14)19-11-12-9-10-18-15-7-3-1-5-13(12)15/h1-10,19H,11H2. The zero-order valence-corrected chi connectivity index (χ0v) is 10.3. The van der Waals surface area contributed by atoms with Gasteiger partial charge in [0.15, 0.2) is 0 Å². The Kier molecular flexibility index (Phi) is 3.11. The van der Waals surface area contributed by atoms with E-state index < -0.39 is 0 Å². The third-order valence-electron chi connectivity index (χ3n) is 3.08. The summed E-state index contributed by atoms with van der Waals surface area (Å²) in [5, 5.41) is 4.21. The summed E-state index contributed by atoms with van der Waals surface area (Å²) in [5.41, 5.74) is 2.58. The third-order valence-corrected chi connectivity index (χ3v) is 3.08. The van der Waals surface area contributed by atoms with Crippen LogP contribution in [-0.2, 0) is 6.54 Å². The number of benzene rings is 2. The topological polar surface area (TPSA) is 24.9 Å². The average molecular weight is 252 g/mol. The van der Waals surface area contributed by atoms with Crippen LogP contribution >= 0.6 is 0 Å². The molecule has 0 aliphatic rings. The summed E-state index contributed by atoms with van der Waals surface area (Å²) < 4.78 is 13.5. The number of para-hydroxylation sites is 2. The highest BCUT2D eigenvalue weighted by Gasteiger charge is 2.03. The summed E-state index contributed by atoms with van der Waals surface area (Å²) in [4.78, 5) is 4.31. The van der Waals surface area contributed by atoms with Crippen molar-refractivity contribution in [3.8, 4) is 0 Å². The van der Waals surface area contributed by atoms with Gasteiger partial charge in [0.05, 0.1) is 11.2 Å². The summed E-state index contributed by atoms with van der Waals surface area (Å²) >= 11 is 0. The van der Waals surface area contributed by atoms with E-state index in [2.05, 4.69) is 10.3 Å². The molecule has 1 N–H and O–H groups in total. The Morgan fingerprint density at radius 3 is 2.63 bits per heavy atom. The van der Waals surface area contributed by atoms with E-state index in [-0.39, 0.29) is 5.82 Å². The minimum absolute atomic E-state index is 0.235. The molecule has 1 aromatic heterocycles. The van der Waals surface area contributed by atoms with Crippen LogP contribution in [0.1, 0.15) is 5.56 Å². The molecule has 3 heteroatoms. The van der Waals surface area contributed by atoms with E-state index >= 15 is 0 Å². The lowest BCUT2D eigenvalue weighted by molar-refractivity contribution is 0.630. The van der Waals surface area contributed by atoms with Gasteiger partial charge in [-0.05, 0) is 29.8 Å². The molecule has 1 heterocycles. The van der Waals surface area contributed by atoms with Crippen LogP contribution in [0.3, 0.4) is 0 Å². The van der Waals surface area contributed by atoms with Gasteiger partial charge in [-0.3, -0.25) is 4.98 Å². The number of halogens is 1. The van der Waals surface area contributed by atoms with Crippen molar-refractivity contribution in [1.29, 1.82) is 0 Å². The minimum atomic E-state index is -0.235. The normalized spacial score (nSPS) is 10.6. The van der Waals surface area contributed by atoms with Crippen LogP contribution in [0.4, 0.5) is 10.1 Å². The molecule has 3 aromatic rings. The van der Waals surface area contributed by atoms with Crippen molar-refractivity contribution in [3.05, 3.63) is 72.2 Å². The van der Waals surface area contributed by atoms with Gasteiger partial charge in [0.25, 0.3) is 0 Å². The molecule has 0 amide bonds. The van der Waals surface area contributed by atoms with Crippen LogP contribution in [-0.4, -0.2) is 4.98 Å². The van der Waals surface area contributed by atoms with Crippen molar-refractivity contribution < 1.29 is 4.39 Å². The van der Waals surface area contributed by atoms with Gasteiger partial charge in [-0.1, -0.05) is 30.3 Å². The SMILES string of the molecule is Fc1ccccc1NCc1ccnc2ccccc12. The van der Waals surface area contributed by atoms with Crippen molar-refractivity contribution in [3.63, 3.8) is 0 Å². The van der Waals surface area contributed by atoms with Crippen LogP contribution in [0.15, 0.2) is 60.8 Å². The Balaban J connectivity index is 1.88. The molecule has 0 fully saturated rings. The zero-order chi connectivity index (χ0) is 13.1. The van der Waals surface area contributed by atoms with Gasteiger partial charge < -0.3 is 5.32 Å². The van der Waals surface area contributed by atoms with E-state index in [0.29, 0.717) is 12.2 Å². The second-order valence-electron chi connectivity index (χ2n) is 4.32. The fourth-order valence-electron chi connectivity index (χ4n) is 2.10. The molecule has 2 nitrogen and oxygen atoms in total. The van der Waals surface area contributed by atoms with Crippen LogP contribution in [0, 0.1) is 5.82 Å². The van der Waals surface area contributed by atoms with E-state index in [4.69, 9.17) is 0 Å². The molecule has 0 unspecified atom stereocenters. The lowest BCUT2D eigenvalue weighted by Gasteiger charge is -2.09. The largest absolute Gasteiger partial charge is 0.379 e. The first-order chi connectivity index (χ1) is 9.34. The molecule has 19 heavy (non-hydrogen) atoms. The first-order valence-electron chi connectivity index (χ1n) is 6.15. The quantitative estimate of drug-likeness (QED) is 0.762. The lowest BCUT2D eigenvalue weighted by atomic mass is 10.1. The van der Waals surface area contributed by atoms with Crippen LogP contribution < -0.4 is 5.32 Å². The number of nitrogens with zero attached hydrogens (tertiary/aromatic N) is 1. The number of rotatable bonds is 3. The van der Waals surface area contributed by atoms with E-state index in [9.17, 15) is 4.39 Å². The highest BCUT2D eigenvalue weighted by atomic mass is 19.1. The van der Waals surface area contributed by atoms with Crippen molar-refractivity contribution in [2.24, 2.45) is 0 Å². The van der Waals surface area contributed by atoms with Gasteiger partial charge in [0.1, 0.15) is 5.82 Å². The third kappa shape index (κ3) is 2.40. The van der Waals surface area contributed by atoms with Gasteiger partial charge in [0.2, 0.25) is 0 Å². The highest BCUT2D eigenvalue weighted by Crippen LogP contribution is 2.19. The van der Waals surface area contributed by atoms with E-state index in [0.717, 1.165) is 16.5 Å². The molecule has 0 bridgehead atoms. The molecule has 0 radical (unpaired) electrons. The van der Waals surface area contributed by atoms with Crippen molar-refractivity contribution in [2.75, 3.05) is 5.32 Å². The number of hydrogen-bond donors (Lipinski definition) is 1. The van der Waals surface area contributed by atoms with Crippen LogP contribution in [0.5, 0.6) is 0 Å². The van der Waals surface area contributed by atoms with Crippen LogP contribution in [0.2, 0.25) is 0 Å². The Bertz CT molecular complexity index is 704. The van der Waals surface area contributed by atoms with Crippen LogP contribution in [0.25, 0.3) is 10.9 Å². The Hall–Kier alpha value is -2.42. The van der Waals surface area contributed by atoms with Crippen molar-refractivity contribution in [1.82, 2.24) is 4.98 Å². The molecule has 0 aliphatic carbocycles. The van der Waals surface area contributed by atoms with Gasteiger partial charge >= 0.3 is 0 Å². The maximum Gasteiger partial charge on any atom is 0.146 e. The number of anilines is 1. The van der Waals surface area contributed by atoms with Gasteiger partial charge in [-0.25, -0.2) is 4.39 Å². The molecular formula is C16H13FN2. The highest BCUT2D eigenvalue weighted by molar-refractivity contribution is 5.82. The second-order valence-corrected chi connectivity index (χ2v) is 4.32. The summed E-state index contributed by atoms with van der Waals surface area (Å²) in [6, 6.07) is 16.6. The molecule has 94 valence electrons. The summed E-state index contributed by atoms with van der Waals surface area (Å²) in [5.74, 6) is -0.235. The Morgan fingerprint density at radius 1 is 0.947 bits per heavy atom. The Morgan fingerprint density at radius 2 is 1.74 bits per heavy atom. The monoisotopic (exact) mass is 252 g/mol. The first-order valence-corrected chi connectivity index (χ1v) is 6.15.